The van der Waals surface area contributed by atoms with Crippen LogP contribution in [0.15, 0.2) is 35.7 Å². The van der Waals surface area contributed by atoms with Crippen LogP contribution in [0.4, 0.5) is 0 Å². The van der Waals surface area contributed by atoms with Crippen molar-refractivity contribution in [2.45, 2.75) is 12.5 Å². The first kappa shape index (κ1) is 15.4. The highest BCUT2D eigenvalue weighted by molar-refractivity contribution is 7.98. The summed E-state index contributed by atoms with van der Waals surface area (Å²) in [4.78, 5) is 20.2. The van der Waals surface area contributed by atoms with Gasteiger partial charge in [0, 0.05) is 18.0 Å². The monoisotopic (exact) mass is 303 g/mol. The first-order valence-corrected chi connectivity index (χ1v) is 7.89. The van der Waals surface area contributed by atoms with E-state index in [1.807, 2.05) is 24.5 Å². The van der Waals surface area contributed by atoms with Gasteiger partial charge in [0.05, 0.1) is 23.3 Å². The number of nitrogens with two attached hydrogens (primary N) is 1. The van der Waals surface area contributed by atoms with Gasteiger partial charge in [-0.15, -0.1) is 0 Å². The smallest absolute Gasteiger partial charge is 0.256 e. The van der Waals surface area contributed by atoms with Crippen molar-refractivity contribution in [2.75, 3.05) is 12.0 Å². The van der Waals surface area contributed by atoms with Crippen molar-refractivity contribution >= 4 is 34.9 Å². The number of fused-ring (bicyclic) bond motifs is 1. The Hall–Kier alpha value is -1.99. The van der Waals surface area contributed by atoms with Crippen LogP contribution in [0.2, 0.25) is 0 Å². The van der Waals surface area contributed by atoms with Gasteiger partial charge in [0.25, 0.3) is 5.91 Å². The third kappa shape index (κ3) is 4.24. The number of hydrogen-bond acceptors (Lipinski definition) is 6. The van der Waals surface area contributed by atoms with Crippen LogP contribution >= 0.6 is 11.8 Å². The van der Waals surface area contributed by atoms with E-state index in [0.717, 1.165) is 22.3 Å². The van der Waals surface area contributed by atoms with Crippen molar-refractivity contribution in [1.82, 2.24) is 15.4 Å². The van der Waals surface area contributed by atoms with Crippen molar-refractivity contribution in [1.29, 1.82) is 0 Å². The van der Waals surface area contributed by atoms with Crippen LogP contribution in [0.5, 0.6) is 0 Å². The van der Waals surface area contributed by atoms with Gasteiger partial charge in [-0.25, -0.2) is 5.43 Å². The second-order valence-corrected chi connectivity index (χ2v) is 5.38. The summed E-state index contributed by atoms with van der Waals surface area (Å²) in [6.45, 7) is 0. The maximum atomic E-state index is 11.7. The second kappa shape index (κ2) is 7.70. The van der Waals surface area contributed by atoms with Crippen molar-refractivity contribution in [2.24, 2.45) is 10.8 Å². The van der Waals surface area contributed by atoms with E-state index >= 15 is 0 Å². The van der Waals surface area contributed by atoms with E-state index in [1.165, 1.54) is 0 Å². The molecular formula is C14H17N5OS. The molecule has 0 bridgehead atoms. The molecule has 0 saturated heterocycles. The molecule has 1 heterocycles. The van der Waals surface area contributed by atoms with E-state index in [4.69, 9.17) is 5.73 Å². The van der Waals surface area contributed by atoms with Gasteiger partial charge in [-0.1, -0.05) is 12.1 Å². The largest absolute Gasteiger partial charge is 0.320 e. The summed E-state index contributed by atoms with van der Waals surface area (Å²) in [5.74, 6) is 0.559. The molecule has 2 aromatic rings. The molecule has 1 aromatic heterocycles. The molecule has 0 saturated carbocycles. The average molecular weight is 303 g/mol. The number of aromatic nitrogens is 2. The molecule has 7 heteroatoms. The van der Waals surface area contributed by atoms with Crippen LogP contribution in [0.3, 0.4) is 0 Å². The lowest BCUT2D eigenvalue weighted by Crippen LogP contribution is -2.38. The Kier molecular flexibility index (Phi) is 5.65. The summed E-state index contributed by atoms with van der Waals surface area (Å²) in [7, 11) is 0. The van der Waals surface area contributed by atoms with E-state index in [-0.39, 0.29) is 5.91 Å². The Morgan fingerprint density at radius 1 is 1.48 bits per heavy atom. The third-order valence-corrected chi connectivity index (χ3v) is 3.52. The van der Waals surface area contributed by atoms with Gasteiger partial charge < -0.3 is 5.73 Å². The zero-order valence-electron chi connectivity index (χ0n) is 11.7. The van der Waals surface area contributed by atoms with Crippen LogP contribution < -0.4 is 11.2 Å². The molecular weight excluding hydrogens is 286 g/mol. The lowest BCUT2D eigenvalue weighted by atomic mass is 10.2. The van der Waals surface area contributed by atoms with Gasteiger partial charge in [0.15, 0.2) is 0 Å². The van der Waals surface area contributed by atoms with Crippen LogP contribution in [0.1, 0.15) is 12.0 Å². The van der Waals surface area contributed by atoms with Crippen LogP contribution in [-0.2, 0) is 4.79 Å². The summed E-state index contributed by atoms with van der Waals surface area (Å²) in [6.07, 6.45) is 7.41. The number of carbonyl (C=O) groups is 1. The van der Waals surface area contributed by atoms with Crippen molar-refractivity contribution in [3.05, 3.63) is 36.2 Å². The normalized spacial score (nSPS) is 12.7. The third-order valence-electron chi connectivity index (χ3n) is 2.88. The van der Waals surface area contributed by atoms with E-state index in [2.05, 4.69) is 20.5 Å². The highest BCUT2D eigenvalue weighted by Gasteiger charge is 2.11. The highest BCUT2D eigenvalue weighted by Crippen LogP contribution is 2.11. The molecule has 2 rings (SSSR count). The zero-order chi connectivity index (χ0) is 15.1. The topological polar surface area (TPSA) is 93.3 Å². The van der Waals surface area contributed by atoms with E-state index in [0.29, 0.717) is 6.42 Å². The SMILES string of the molecule is CSCC[C@H](N)C(=O)N/N=C/c1cccc2nccnc12. The maximum Gasteiger partial charge on any atom is 0.256 e. The van der Waals surface area contributed by atoms with Crippen LogP contribution in [0.25, 0.3) is 11.0 Å². The summed E-state index contributed by atoms with van der Waals surface area (Å²) < 4.78 is 0. The maximum absolute atomic E-state index is 11.7. The van der Waals surface area contributed by atoms with E-state index in [1.54, 1.807) is 30.4 Å². The molecule has 6 nitrogen and oxygen atoms in total. The molecule has 3 N–H and O–H groups in total. The molecule has 0 unspecified atom stereocenters. The minimum atomic E-state index is -0.540. The second-order valence-electron chi connectivity index (χ2n) is 4.39. The first-order chi connectivity index (χ1) is 10.2. The fourth-order valence-electron chi connectivity index (χ4n) is 1.74. The molecule has 0 spiro atoms. The number of nitrogens with zero attached hydrogens (tertiary/aromatic N) is 3. The van der Waals surface area contributed by atoms with Gasteiger partial charge >= 0.3 is 0 Å². The standard InChI is InChI=1S/C14H17N5OS/c1-21-8-5-11(15)14(20)19-18-9-10-3-2-4-12-13(10)17-7-6-16-12/h2-4,6-7,9,11H,5,8,15H2,1H3,(H,19,20)/b18-9+/t11-/m0/s1. The Balaban J connectivity index is 2.02. The first-order valence-electron chi connectivity index (χ1n) is 6.49. The van der Waals surface area contributed by atoms with Gasteiger partial charge in [-0.2, -0.15) is 16.9 Å². The van der Waals surface area contributed by atoms with Crippen molar-refractivity contribution in [3.8, 4) is 0 Å². The Morgan fingerprint density at radius 3 is 3.10 bits per heavy atom. The van der Waals surface area contributed by atoms with Gasteiger partial charge in [-0.3, -0.25) is 14.8 Å². The Morgan fingerprint density at radius 2 is 2.29 bits per heavy atom. The van der Waals surface area contributed by atoms with Gasteiger partial charge in [-0.05, 0) is 24.5 Å². The fraction of sp³-hybridized carbons (Fsp3) is 0.286. The molecule has 1 amide bonds. The number of para-hydroxylation sites is 1. The zero-order valence-corrected chi connectivity index (χ0v) is 12.5. The minimum absolute atomic E-state index is 0.286. The predicted molar refractivity (Wildman–Crippen MR) is 86.2 cm³/mol. The van der Waals surface area contributed by atoms with Crippen molar-refractivity contribution in [3.63, 3.8) is 0 Å². The molecule has 0 fully saturated rings. The van der Waals surface area contributed by atoms with E-state index in [9.17, 15) is 4.79 Å². The molecule has 21 heavy (non-hydrogen) atoms. The summed E-state index contributed by atoms with van der Waals surface area (Å²) in [5.41, 5.74) is 10.5. The van der Waals surface area contributed by atoms with Crippen molar-refractivity contribution < 1.29 is 4.79 Å². The molecule has 1 atom stereocenters. The number of benzene rings is 1. The number of thioether (sulfide) groups is 1. The van der Waals surface area contributed by atoms with Gasteiger partial charge in [0.1, 0.15) is 0 Å². The molecule has 110 valence electrons. The molecule has 0 aliphatic carbocycles. The summed E-state index contributed by atoms with van der Waals surface area (Å²) >= 11 is 1.66. The quantitative estimate of drug-likeness (QED) is 0.617. The van der Waals surface area contributed by atoms with Crippen LogP contribution in [-0.4, -0.2) is 40.1 Å². The Bertz CT molecular complexity index is 641. The van der Waals surface area contributed by atoms with Crippen LogP contribution in [0, 0.1) is 0 Å². The fourth-order valence-corrected chi connectivity index (χ4v) is 2.23. The number of nitrogens with one attached hydrogen (secondary N) is 1. The minimum Gasteiger partial charge on any atom is -0.320 e. The molecule has 0 radical (unpaired) electrons. The highest BCUT2D eigenvalue weighted by atomic mass is 32.2. The number of hydrazone groups is 1. The lowest BCUT2D eigenvalue weighted by molar-refractivity contribution is -0.122. The predicted octanol–water partition coefficient (Wildman–Crippen LogP) is 1.16. The number of rotatable bonds is 6. The summed E-state index contributed by atoms with van der Waals surface area (Å²) in [5, 5.41) is 3.94. The molecule has 0 aliphatic heterocycles. The number of carbonyl (C=O) groups excluding carboxylic acids is 1. The molecule has 1 aromatic carbocycles. The lowest BCUT2D eigenvalue weighted by Gasteiger charge is -2.08. The Labute approximate surface area is 127 Å². The van der Waals surface area contributed by atoms with E-state index < -0.39 is 6.04 Å². The summed E-state index contributed by atoms with van der Waals surface area (Å²) in [6, 6.07) is 5.06. The number of hydrogen-bond donors (Lipinski definition) is 2. The number of amides is 1. The molecule has 0 aliphatic rings. The van der Waals surface area contributed by atoms with Gasteiger partial charge in [0.2, 0.25) is 0 Å². The average Bonchev–Trinajstić information content (AvgIpc) is 2.52.